The van der Waals surface area contributed by atoms with Gasteiger partial charge in [0.05, 0.1) is 11.3 Å². The molecule has 0 bridgehead atoms. The van der Waals surface area contributed by atoms with E-state index < -0.39 is 0 Å². The second-order valence-electron chi connectivity index (χ2n) is 4.63. The number of phenolic OH excluding ortho intramolecular Hbond substituents is 1. The average molecular weight is 346 g/mol. The van der Waals surface area contributed by atoms with E-state index in [1.54, 1.807) is 18.2 Å². The van der Waals surface area contributed by atoms with Gasteiger partial charge in [-0.1, -0.05) is 39.3 Å². The molecule has 0 spiro atoms. The van der Waals surface area contributed by atoms with Gasteiger partial charge in [0.15, 0.2) is 5.75 Å². The summed E-state index contributed by atoms with van der Waals surface area (Å²) in [5.41, 5.74) is 8.30. The molecule has 2 aromatic carbocycles. The summed E-state index contributed by atoms with van der Waals surface area (Å²) in [6.45, 7) is 2.00. The fraction of sp³-hybridized carbons (Fsp3) is 0.0667. The maximum atomic E-state index is 9.95. The van der Waals surface area contributed by atoms with Crippen LogP contribution in [0.4, 0.5) is 5.69 Å². The zero-order valence-corrected chi connectivity index (χ0v) is 12.8. The van der Waals surface area contributed by atoms with E-state index in [9.17, 15) is 5.11 Å². The minimum atomic E-state index is -0.0576. The highest BCUT2D eigenvalue weighted by Crippen LogP contribution is 2.33. The van der Waals surface area contributed by atoms with Crippen molar-refractivity contribution in [3.8, 4) is 28.6 Å². The zero-order valence-electron chi connectivity index (χ0n) is 11.2. The molecule has 3 N–H and O–H groups in total. The number of nitrogens with zero attached hydrogens (tertiary/aromatic N) is 2. The maximum Gasteiger partial charge on any atom is 0.262 e. The Morgan fingerprint density at radius 3 is 2.81 bits per heavy atom. The van der Waals surface area contributed by atoms with Crippen LogP contribution in [0.3, 0.4) is 0 Å². The number of halogens is 1. The summed E-state index contributed by atoms with van der Waals surface area (Å²) in [5, 5.41) is 13.9. The van der Waals surface area contributed by atoms with Crippen LogP contribution < -0.4 is 5.73 Å². The van der Waals surface area contributed by atoms with Gasteiger partial charge in [0.2, 0.25) is 5.82 Å². The minimum absolute atomic E-state index is 0.0576. The molecule has 6 heteroatoms. The van der Waals surface area contributed by atoms with Crippen molar-refractivity contribution in [1.29, 1.82) is 0 Å². The lowest BCUT2D eigenvalue weighted by molar-refractivity contribution is 0.426. The number of anilines is 1. The predicted octanol–water partition coefficient (Wildman–Crippen LogP) is 3.76. The fourth-order valence-electron chi connectivity index (χ4n) is 1.92. The molecule has 0 aliphatic carbocycles. The average Bonchev–Trinajstić information content (AvgIpc) is 2.94. The van der Waals surface area contributed by atoms with Crippen molar-refractivity contribution in [2.75, 3.05) is 5.73 Å². The highest BCUT2D eigenvalue weighted by molar-refractivity contribution is 9.10. The summed E-state index contributed by atoms with van der Waals surface area (Å²) in [6, 6.07) is 10.8. The summed E-state index contributed by atoms with van der Waals surface area (Å²) >= 11 is 3.47. The first-order valence-electron chi connectivity index (χ1n) is 6.24. The number of phenols is 1. The molecule has 3 aromatic rings. The molecular formula is C15H12BrN3O2. The first kappa shape index (κ1) is 13.6. The second kappa shape index (κ2) is 5.21. The molecule has 1 aromatic heterocycles. The first-order valence-corrected chi connectivity index (χ1v) is 7.03. The van der Waals surface area contributed by atoms with E-state index in [0.717, 1.165) is 15.6 Å². The Kier molecular flexibility index (Phi) is 3.39. The van der Waals surface area contributed by atoms with Gasteiger partial charge in [0.1, 0.15) is 0 Å². The highest BCUT2D eigenvalue weighted by Gasteiger charge is 2.15. The van der Waals surface area contributed by atoms with E-state index in [4.69, 9.17) is 10.3 Å². The smallest absolute Gasteiger partial charge is 0.262 e. The van der Waals surface area contributed by atoms with E-state index in [0.29, 0.717) is 11.4 Å². The molecule has 106 valence electrons. The van der Waals surface area contributed by atoms with Crippen LogP contribution in [0.15, 0.2) is 45.4 Å². The van der Waals surface area contributed by atoms with Gasteiger partial charge in [0, 0.05) is 10.0 Å². The van der Waals surface area contributed by atoms with Crippen LogP contribution in [-0.4, -0.2) is 15.2 Å². The Balaban J connectivity index is 2.03. The normalized spacial score (nSPS) is 10.8. The van der Waals surface area contributed by atoms with Crippen molar-refractivity contribution in [1.82, 2.24) is 10.1 Å². The topological polar surface area (TPSA) is 85.2 Å². The van der Waals surface area contributed by atoms with Gasteiger partial charge >= 0.3 is 0 Å². The van der Waals surface area contributed by atoms with Crippen LogP contribution in [0.1, 0.15) is 5.56 Å². The quantitative estimate of drug-likeness (QED) is 0.545. The molecule has 0 fully saturated rings. The van der Waals surface area contributed by atoms with Crippen LogP contribution in [0, 0.1) is 6.92 Å². The van der Waals surface area contributed by atoms with Crippen molar-refractivity contribution in [3.63, 3.8) is 0 Å². The Bertz CT molecular complexity index is 814. The second-order valence-corrected chi connectivity index (χ2v) is 5.48. The molecule has 0 radical (unpaired) electrons. The summed E-state index contributed by atoms with van der Waals surface area (Å²) in [5.74, 6) is 0.622. The number of nitrogens with two attached hydrogens (primary N) is 1. The zero-order chi connectivity index (χ0) is 15.0. The molecule has 0 unspecified atom stereocenters. The largest absolute Gasteiger partial charge is 0.505 e. The Hall–Kier alpha value is -2.34. The summed E-state index contributed by atoms with van der Waals surface area (Å²) < 4.78 is 6.19. The van der Waals surface area contributed by atoms with Crippen LogP contribution in [-0.2, 0) is 0 Å². The number of aryl methyl sites for hydroxylation is 1. The molecule has 0 saturated carbocycles. The predicted molar refractivity (Wildman–Crippen MR) is 83.7 cm³/mol. The maximum absolute atomic E-state index is 9.95. The molecule has 0 atom stereocenters. The van der Waals surface area contributed by atoms with E-state index in [1.165, 1.54) is 0 Å². The number of benzene rings is 2. The Morgan fingerprint density at radius 1 is 1.24 bits per heavy atom. The minimum Gasteiger partial charge on any atom is -0.505 e. The summed E-state index contributed by atoms with van der Waals surface area (Å²) in [7, 11) is 0. The van der Waals surface area contributed by atoms with Gasteiger partial charge in [-0.05, 0) is 30.7 Å². The SMILES string of the molecule is Cc1ccc(-c2noc(-c3cccc(N)c3O)n2)cc1Br. The van der Waals surface area contributed by atoms with Crippen LogP contribution in [0.2, 0.25) is 0 Å². The lowest BCUT2D eigenvalue weighted by atomic mass is 10.1. The number of hydrogen-bond acceptors (Lipinski definition) is 5. The van der Waals surface area contributed by atoms with Crippen molar-refractivity contribution in [2.45, 2.75) is 6.92 Å². The van der Waals surface area contributed by atoms with Crippen LogP contribution in [0.5, 0.6) is 5.75 Å². The van der Waals surface area contributed by atoms with Crippen molar-refractivity contribution in [3.05, 3.63) is 46.4 Å². The molecule has 0 saturated heterocycles. The Labute approximate surface area is 129 Å². The Morgan fingerprint density at radius 2 is 2.05 bits per heavy atom. The molecule has 21 heavy (non-hydrogen) atoms. The first-order chi connectivity index (χ1) is 10.1. The van der Waals surface area contributed by atoms with Crippen LogP contribution >= 0.6 is 15.9 Å². The number of hydrogen-bond donors (Lipinski definition) is 2. The molecule has 0 aliphatic heterocycles. The number of nitrogen functional groups attached to an aromatic ring is 1. The molecule has 5 nitrogen and oxygen atoms in total. The van der Waals surface area contributed by atoms with E-state index in [2.05, 4.69) is 26.1 Å². The highest BCUT2D eigenvalue weighted by atomic mass is 79.9. The number of aromatic hydroxyl groups is 1. The molecule has 0 aliphatic rings. The third kappa shape index (κ3) is 2.50. The molecule has 3 rings (SSSR count). The van der Waals surface area contributed by atoms with Crippen LogP contribution in [0.25, 0.3) is 22.8 Å². The lowest BCUT2D eigenvalue weighted by Gasteiger charge is -2.01. The summed E-state index contributed by atoms with van der Waals surface area (Å²) in [6.07, 6.45) is 0. The fourth-order valence-corrected chi connectivity index (χ4v) is 2.29. The van der Waals surface area contributed by atoms with E-state index >= 15 is 0 Å². The van der Waals surface area contributed by atoms with E-state index in [-0.39, 0.29) is 17.3 Å². The van der Waals surface area contributed by atoms with Gasteiger partial charge in [-0.15, -0.1) is 0 Å². The number of aromatic nitrogens is 2. The van der Waals surface area contributed by atoms with Crippen molar-refractivity contribution >= 4 is 21.6 Å². The standard InChI is InChI=1S/C15H12BrN3O2/c1-8-5-6-9(7-11(8)16)14-18-15(21-19-14)10-3-2-4-12(17)13(10)20/h2-7,20H,17H2,1H3. The van der Waals surface area contributed by atoms with Crippen molar-refractivity contribution in [2.24, 2.45) is 0 Å². The lowest BCUT2D eigenvalue weighted by Crippen LogP contribution is -1.88. The van der Waals surface area contributed by atoms with Crippen molar-refractivity contribution < 1.29 is 9.63 Å². The van der Waals surface area contributed by atoms with E-state index in [1.807, 2.05) is 25.1 Å². The third-order valence-electron chi connectivity index (χ3n) is 3.15. The molecule has 1 heterocycles. The number of para-hydroxylation sites is 1. The monoisotopic (exact) mass is 345 g/mol. The summed E-state index contributed by atoms with van der Waals surface area (Å²) in [4.78, 5) is 4.31. The molecular weight excluding hydrogens is 334 g/mol. The van der Waals surface area contributed by atoms with Gasteiger partial charge < -0.3 is 15.4 Å². The van der Waals surface area contributed by atoms with Gasteiger partial charge in [-0.25, -0.2) is 0 Å². The third-order valence-corrected chi connectivity index (χ3v) is 4.01. The van der Waals surface area contributed by atoms with Gasteiger partial charge in [-0.2, -0.15) is 4.98 Å². The molecule has 0 amide bonds. The number of rotatable bonds is 2. The van der Waals surface area contributed by atoms with Gasteiger partial charge in [0.25, 0.3) is 5.89 Å². The van der Waals surface area contributed by atoms with Gasteiger partial charge in [-0.3, -0.25) is 0 Å².